The van der Waals surface area contributed by atoms with Gasteiger partial charge in [0.1, 0.15) is 5.52 Å². The molecule has 0 bridgehead atoms. The number of anilines is 1. The van der Waals surface area contributed by atoms with Crippen LogP contribution in [0.5, 0.6) is 0 Å². The lowest BCUT2D eigenvalue weighted by Gasteiger charge is -2.20. The van der Waals surface area contributed by atoms with E-state index in [1.54, 1.807) is 6.20 Å². The molecule has 0 radical (unpaired) electrons. The Kier molecular flexibility index (Phi) is 3.24. The van der Waals surface area contributed by atoms with Crippen LogP contribution in [0.4, 0.5) is 5.82 Å². The van der Waals surface area contributed by atoms with Crippen molar-refractivity contribution < 1.29 is 0 Å². The third-order valence-corrected chi connectivity index (χ3v) is 2.67. The lowest BCUT2D eigenvalue weighted by Crippen LogP contribution is -2.25. The van der Waals surface area contributed by atoms with Gasteiger partial charge in [-0.25, -0.2) is 9.50 Å². The van der Waals surface area contributed by atoms with E-state index in [0.29, 0.717) is 13.0 Å². The minimum atomic E-state index is 0.504. The zero-order chi connectivity index (χ0) is 12.3. The molecule has 88 valence electrons. The van der Waals surface area contributed by atoms with Crippen molar-refractivity contribution in [2.75, 3.05) is 18.0 Å². The number of nitriles is 1. The third kappa shape index (κ3) is 2.21. The van der Waals surface area contributed by atoms with Crippen molar-refractivity contribution in [3.63, 3.8) is 0 Å². The highest BCUT2D eigenvalue weighted by atomic mass is 15.3. The Bertz CT molecular complexity index is 552. The normalized spacial score (nSPS) is 10.4. The lowest BCUT2D eigenvalue weighted by molar-refractivity contribution is 0.805. The van der Waals surface area contributed by atoms with E-state index in [2.05, 4.69) is 28.0 Å². The van der Waals surface area contributed by atoms with Crippen LogP contribution in [0.15, 0.2) is 18.5 Å². The minimum absolute atomic E-state index is 0.504. The van der Waals surface area contributed by atoms with Crippen LogP contribution in [0.2, 0.25) is 0 Å². The molecule has 0 atom stereocenters. The zero-order valence-electron chi connectivity index (χ0n) is 10.1. The van der Waals surface area contributed by atoms with Gasteiger partial charge in [0.25, 0.3) is 0 Å². The summed E-state index contributed by atoms with van der Waals surface area (Å²) in [5.41, 5.74) is 1.96. The maximum absolute atomic E-state index is 8.66. The summed E-state index contributed by atoms with van der Waals surface area (Å²) in [6.07, 6.45) is 4.08. The predicted octanol–water partition coefficient (Wildman–Crippen LogP) is 1.78. The molecule has 2 rings (SSSR count). The maximum Gasteiger partial charge on any atom is 0.154 e. The minimum Gasteiger partial charge on any atom is -0.354 e. The summed E-state index contributed by atoms with van der Waals surface area (Å²) in [4.78, 5) is 6.50. The first-order chi connectivity index (χ1) is 8.26. The summed E-state index contributed by atoms with van der Waals surface area (Å²) in [5, 5.41) is 13.0. The van der Waals surface area contributed by atoms with E-state index < -0.39 is 0 Å². The maximum atomic E-state index is 8.66. The van der Waals surface area contributed by atoms with Crippen LogP contribution in [-0.2, 0) is 0 Å². The number of aromatic nitrogens is 3. The van der Waals surface area contributed by atoms with Gasteiger partial charge in [-0.1, -0.05) is 0 Å². The van der Waals surface area contributed by atoms with Gasteiger partial charge in [-0.15, -0.1) is 0 Å². The van der Waals surface area contributed by atoms with E-state index in [0.717, 1.165) is 23.6 Å². The molecule has 17 heavy (non-hydrogen) atoms. The molecule has 5 nitrogen and oxygen atoms in total. The van der Waals surface area contributed by atoms with Gasteiger partial charge in [-0.3, -0.25) is 0 Å². The van der Waals surface area contributed by atoms with Gasteiger partial charge in [-0.05, 0) is 19.9 Å². The van der Waals surface area contributed by atoms with Gasteiger partial charge < -0.3 is 4.90 Å². The van der Waals surface area contributed by atoms with Crippen molar-refractivity contribution in [3.05, 3.63) is 24.2 Å². The molecular weight excluding hydrogens is 214 g/mol. The van der Waals surface area contributed by atoms with E-state index in [-0.39, 0.29) is 0 Å². The van der Waals surface area contributed by atoms with Gasteiger partial charge in [-0.2, -0.15) is 10.4 Å². The van der Waals surface area contributed by atoms with Crippen molar-refractivity contribution in [2.24, 2.45) is 0 Å². The summed E-state index contributed by atoms with van der Waals surface area (Å²) >= 11 is 0. The van der Waals surface area contributed by atoms with Crippen LogP contribution in [0.25, 0.3) is 5.52 Å². The molecule has 0 N–H and O–H groups in total. The van der Waals surface area contributed by atoms with E-state index in [9.17, 15) is 0 Å². The number of aryl methyl sites for hydroxylation is 1. The second-order valence-electron chi connectivity index (χ2n) is 3.85. The molecule has 2 heterocycles. The zero-order valence-corrected chi connectivity index (χ0v) is 10.1. The van der Waals surface area contributed by atoms with Crippen LogP contribution < -0.4 is 4.90 Å². The SMILES string of the molecule is CCN(CCC#N)c1nccn2nc(C)cc12. The monoisotopic (exact) mass is 229 g/mol. The summed E-state index contributed by atoms with van der Waals surface area (Å²) in [6.45, 7) is 5.55. The molecular formula is C12H15N5. The molecule has 2 aromatic heterocycles. The molecule has 0 amide bonds. The number of rotatable bonds is 4. The van der Waals surface area contributed by atoms with Gasteiger partial charge in [0, 0.05) is 25.5 Å². The Labute approximate surface area is 100 Å². The second-order valence-corrected chi connectivity index (χ2v) is 3.85. The lowest BCUT2D eigenvalue weighted by atomic mass is 10.3. The molecule has 0 aromatic carbocycles. The fourth-order valence-corrected chi connectivity index (χ4v) is 1.87. The molecule has 0 saturated heterocycles. The number of fused-ring (bicyclic) bond motifs is 1. The van der Waals surface area contributed by atoms with Crippen molar-refractivity contribution in [2.45, 2.75) is 20.3 Å². The fourth-order valence-electron chi connectivity index (χ4n) is 1.87. The van der Waals surface area contributed by atoms with Gasteiger partial charge in [0.2, 0.25) is 0 Å². The van der Waals surface area contributed by atoms with Gasteiger partial charge in [0.15, 0.2) is 5.82 Å². The van der Waals surface area contributed by atoms with Crippen LogP contribution in [0.1, 0.15) is 19.0 Å². The average Bonchev–Trinajstić information content (AvgIpc) is 2.71. The van der Waals surface area contributed by atoms with E-state index in [4.69, 9.17) is 5.26 Å². The number of nitrogens with zero attached hydrogens (tertiary/aromatic N) is 5. The van der Waals surface area contributed by atoms with Gasteiger partial charge >= 0.3 is 0 Å². The first kappa shape index (κ1) is 11.4. The first-order valence-corrected chi connectivity index (χ1v) is 5.69. The molecule has 0 unspecified atom stereocenters. The third-order valence-electron chi connectivity index (χ3n) is 2.67. The summed E-state index contributed by atoms with van der Waals surface area (Å²) in [7, 11) is 0. The van der Waals surface area contributed by atoms with Crippen LogP contribution in [0, 0.1) is 18.3 Å². The second kappa shape index (κ2) is 4.83. The highest BCUT2D eigenvalue weighted by molar-refractivity contribution is 5.69. The quantitative estimate of drug-likeness (QED) is 0.801. The van der Waals surface area contributed by atoms with Crippen LogP contribution in [0.3, 0.4) is 0 Å². The first-order valence-electron chi connectivity index (χ1n) is 5.69. The summed E-state index contributed by atoms with van der Waals surface area (Å²) in [5.74, 6) is 0.894. The van der Waals surface area contributed by atoms with E-state index >= 15 is 0 Å². The van der Waals surface area contributed by atoms with Crippen molar-refractivity contribution in [3.8, 4) is 6.07 Å². The van der Waals surface area contributed by atoms with E-state index in [1.165, 1.54) is 0 Å². The highest BCUT2D eigenvalue weighted by Crippen LogP contribution is 2.19. The smallest absolute Gasteiger partial charge is 0.154 e. The predicted molar refractivity (Wildman–Crippen MR) is 65.8 cm³/mol. The Morgan fingerprint density at radius 2 is 2.35 bits per heavy atom. The summed E-state index contributed by atoms with van der Waals surface area (Å²) in [6, 6.07) is 4.17. The molecule has 0 saturated carbocycles. The Morgan fingerprint density at radius 1 is 1.53 bits per heavy atom. The Morgan fingerprint density at radius 3 is 3.06 bits per heavy atom. The van der Waals surface area contributed by atoms with E-state index in [1.807, 2.05) is 23.7 Å². The largest absolute Gasteiger partial charge is 0.354 e. The topological polar surface area (TPSA) is 57.2 Å². The molecule has 0 fully saturated rings. The van der Waals surface area contributed by atoms with Crippen molar-refractivity contribution in [1.29, 1.82) is 5.26 Å². The van der Waals surface area contributed by atoms with Gasteiger partial charge in [0.05, 0.1) is 18.2 Å². The number of hydrogen-bond donors (Lipinski definition) is 0. The van der Waals surface area contributed by atoms with Crippen molar-refractivity contribution in [1.82, 2.24) is 14.6 Å². The molecule has 0 aliphatic rings. The Hall–Kier alpha value is -2.09. The molecule has 5 heteroatoms. The number of hydrogen-bond acceptors (Lipinski definition) is 4. The fraction of sp³-hybridized carbons (Fsp3) is 0.417. The molecule has 0 spiro atoms. The molecule has 0 aliphatic carbocycles. The van der Waals surface area contributed by atoms with Crippen molar-refractivity contribution >= 4 is 11.3 Å². The Balaban J connectivity index is 2.42. The average molecular weight is 229 g/mol. The summed E-state index contributed by atoms with van der Waals surface area (Å²) < 4.78 is 1.83. The van der Waals surface area contributed by atoms with Crippen LogP contribution >= 0.6 is 0 Å². The standard InChI is InChI=1S/C12H15N5/c1-3-16(7-4-5-13)12-11-9-10(2)15-17(11)8-6-14-12/h6,8-9H,3-4,7H2,1-2H3. The van der Waals surface area contributed by atoms with Crippen LogP contribution in [-0.4, -0.2) is 27.7 Å². The molecule has 2 aromatic rings. The molecule has 0 aliphatic heterocycles. The highest BCUT2D eigenvalue weighted by Gasteiger charge is 2.11.